The lowest BCUT2D eigenvalue weighted by Gasteiger charge is -2.29. The van der Waals surface area contributed by atoms with Crippen molar-refractivity contribution in [1.29, 1.82) is 0 Å². The van der Waals surface area contributed by atoms with Crippen LogP contribution in [0.2, 0.25) is 0 Å². The van der Waals surface area contributed by atoms with E-state index < -0.39 is 9.84 Å². The second-order valence-electron chi connectivity index (χ2n) is 3.97. The number of rotatable bonds is 4. The van der Waals surface area contributed by atoms with Crippen LogP contribution in [0.1, 0.15) is 39.5 Å². The van der Waals surface area contributed by atoms with Crippen LogP contribution >= 0.6 is 0 Å². The van der Waals surface area contributed by atoms with Crippen LogP contribution in [-0.2, 0) is 9.84 Å². The van der Waals surface area contributed by atoms with Gasteiger partial charge in [-0.2, -0.15) is 0 Å². The van der Waals surface area contributed by atoms with Crippen LogP contribution in [0.25, 0.3) is 0 Å². The number of sulfone groups is 1. The van der Waals surface area contributed by atoms with Gasteiger partial charge in [-0.05, 0) is 25.8 Å². The summed E-state index contributed by atoms with van der Waals surface area (Å²) >= 11 is 0. The molecule has 4 heteroatoms. The standard InChI is InChI=1S/C10H21NO2S/c1-3-9(11-4-2)10-7-5-6-8-14(10,12)13/h9-11H,3-8H2,1-2H3. The van der Waals surface area contributed by atoms with E-state index in [0.29, 0.717) is 5.75 Å². The summed E-state index contributed by atoms with van der Waals surface area (Å²) in [4.78, 5) is 0. The van der Waals surface area contributed by atoms with Crippen molar-refractivity contribution in [3.05, 3.63) is 0 Å². The predicted octanol–water partition coefficient (Wildman–Crippen LogP) is 1.34. The van der Waals surface area contributed by atoms with Crippen molar-refractivity contribution in [3.63, 3.8) is 0 Å². The zero-order valence-electron chi connectivity index (χ0n) is 9.12. The molecule has 84 valence electrons. The number of hydrogen-bond acceptors (Lipinski definition) is 3. The van der Waals surface area contributed by atoms with Crippen LogP contribution in [0.15, 0.2) is 0 Å². The SMILES string of the molecule is CCNC(CC)C1CCCCS1(=O)=O. The summed E-state index contributed by atoms with van der Waals surface area (Å²) < 4.78 is 23.6. The molecule has 1 saturated heterocycles. The minimum atomic E-state index is -2.82. The molecule has 3 nitrogen and oxygen atoms in total. The highest BCUT2D eigenvalue weighted by Gasteiger charge is 2.33. The van der Waals surface area contributed by atoms with Gasteiger partial charge in [0, 0.05) is 6.04 Å². The average Bonchev–Trinajstić information content (AvgIpc) is 2.14. The molecule has 2 atom stereocenters. The Hall–Kier alpha value is -0.0900. The van der Waals surface area contributed by atoms with E-state index in [1.807, 2.05) is 6.92 Å². The quantitative estimate of drug-likeness (QED) is 0.776. The predicted molar refractivity (Wildman–Crippen MR) is 59.2 cm³/mol. The van der Waals surface area contributed by atoms with Gasteiger partial charge in [0.15, 0.2) is 9.84 Å². The van der Waals surface area contributed by atoms with E-state index in [4.69, 9.17) is 0 Å². The molecular formula is C10H21NO2S. The molecule has 1 fully saturated rings. The number of hydrogen-bond donors (Lipinski definition) is 1. The van der Waals surface area contributed by atoms with Crippen LogP contribution in [0.5, 0.6) is 0 Å². The Bertz CT molecular complexity index is 261. The van der Waals surface area contributed by atoms with Gasteiger partial charge in [-0.1, -0.05) is 20.3 Å². The first kappa shape index (κ1) is 12.0. The molecule has 0 aromatic carbocycles. The molecule has 0 saturated carbocycles. The summed E-state index contributed by atoms with van der Waals surface area (Å²) in [5.74, 6) is 0.388. The lowest BCUT2D eigenvalue weighted by atomic mass is 10.1. The molecule has 1 aliphatic heterocycles. The second-order valence-corrected chi connectivity index (χ2v) is 6.31. The van der Waals surface area contributed by atoms with Gasteiger partial charge < -0.3 is 5.32 Å². The van der Waals surface area contributed by atoms with E-state index in [1.165, 1.54) is 0 Å². The lowest BCUT2D eigenvalue weighted by Crippen LogP contribution is -2.46. The van der Waals surface area contributed by atoms with Crippen molar-refractivity contribution < 1.29 is 8.42 Å². The summed E-state index contributed by atoms with van der Waals surface area (Å²) in [5.41, 5.74) is 0. The monoisotopic (exact) mass is 219 g/mol. The molecule has 0 aliphatic carbocycles. The molecule has 0 spiro atoms. The maximum Gasteiger partial charge on any atom is 0.154 e. The highest BCUT2D eigenvalue weighted by Crippen LogP contribution is 2.23. The molecular weight excluding hydrogens is 198 g/mol. The fourth-order valence-corrected chi connectivity index (χ4v) is 4.46. The topological polar surface area (TPSA) is 46.2 Å². The van der Waals surface area contributed by atoms with E-state index in [9.17, 15) is 8.42 Å². The maximum atomic E-state index is 11.8. The smallest absolute Gasteiger partial charge is 0.154 e. The highest BCUT2D eigenvalue weighted by atomic mass is 32.2. The first-order valence-corrected chi connectivity index (χ1v) is 7.28. The van der Waals surface area contributed by atoms with E-state index in [0.717, 1.165) is 32.2 Å². The Balaban J connectivity index is 2.71. The van der Waals surface area contributed by atoms with Crippen molar-refractivity contribution in [3.8, 4) is 0 Å². The Morgan fingerprint density at radius 1 is 1.36 bits per heavy atom. The molecule has 1 N–H and O–H groups in total. The Kier molecular flexibility index (Phi) is 4.38. The zero-order valence-corrected chi connectivity index (χ0v) is 9.94. The van der Waals surface area contributed by atoms with Crippen LogP contribution in [-0.4, -0.2) is 32.0 Å². The molecule has 0 aromatic heterocycles. The van der Waals surface area contributed by atoms with Crippen molar-refractivity contribution in [2.45, 2.75) is 50.8 Å². The fraction of sp³-hybridized carbons (Fsp3) is 1.00. The van der Waals surface area contributed by atoms with Crippen molar-refractivity contribution in [1.82, 2.24) is 5.32 Å². The van der Waals surface area contributed by atoms with E-state index >= 15 is 0 Å². The van der Waals surface area contributed by atoms with E-state index in [1.54, 1.807) is 0 Å². The summed E-state index contributed by atoms with van der Waals surface area (Å²) in [6, 6.07) is 0.158. The van der Waals surface area contributed by atoms with E-state index in [-0.39, 0.29) is 11.3 Å². The maximum absolute atomic E-state index is 11.8. The van der Waals surface area contributed by atoms with E-state index in [2.05, 4.69) is 12.2 Å². The summed E-state index contributed by atoms with van der Waals surface area (Å²) in [7, 11) is -2.82. The minimum Gasteiger partial charge on any atom is -0.313 e. The summed E-state index contributed by atoms with van der Waals surface area (Å²) in [5, 5.41) is 3.14. The molecule has 0 radical (unpaired) electrons. The van der Waals surface area contributed by atoms with Crippen molar-refractivity contribution in [2.24, 2.45) is 0 Å². The normalized spacial score (nSPS) is 28.6. The Labute approximate surface area is 87.2 Å². The molecule has 2 unspecified atom stereocenters. The molecule has 1 aliphatic rings. The first-order chi connectivity index (χ1) is 6.61. The minimum absolute atomic E-state index is 0.138. The number of nitrogens with one attached hydrogen (secondary N) is 1. The molecule has 1 rings (SSSR count). The van der Waals surface area contributed by atoms with Gasteiger partial charge in [-0.25, -0.2) is 8.42 Å². The average molecular weight is 219 g/mol. The Morgan fingerprint density at radius 2 is 2.07 bits per heavy atom. The molecule has 14 heavy (non-hydrogen) atoms. The third-order valence-corrected chi connectivity index (χ3v) is 5.33. The van der Waals surface area contributed by atoms with Gasteiger partial charge in [0.1, 0.15) is 0 Å². The summed E-state index contributed by atoms with van der Waals surface area (Å²) in [6.45, 7) is 4.93. The van der Waals surface area contributed by atoms with Crippen LogP contribution in [0.4, 0.5) is 0 Å². The van der Waals surface area contributed by atoms with Gasteiger partial charge in [-0.15, -0.1) is 0 Å². The zero-order chi connectivity index (χ0) is 10.6. The molecule has 0 amide bonds. The van der Waals surface area contributed by atoms with Crippen molar-refractivity contribution in [2.75, 3.05) is 12.3 Å². The Morgan fingerprint density at radius 3 is 2.57 bits per heavy atom. The lowest BCUT2D eigenvalue weighted by molar-refractivity contribution is 0.434. The van der Waals surface area contributed by atoms with Gasteiger partial charge >= 0.3 is 0 Å². The van der Waals surface area contributed by atoms with Crippen LogP contribution in [0, 0.1) is 0 Å². The highest BCUT2D eigenvalue weighted by molar-refractivity contribution is 7.92. The van der Waals surface area contributed by atoms with Gasteiger partial charge in [0.25, 0.3) is 0 Å². The summed E-state index contributed by atoms with van der Waals surface area (Å²) in [6.07, 6.45) is 3.65. The first-order valence-electron chi connectivity index (χ1n) is 5.56. The van der Waals surface area contributed by atoms with Crippen LogP contribution < -0.4 is 5.32 Å². The molecule has 0 aromatic rings. The molecule has 1 heterocycles. The van der Waals surface area contributed by atoms with Gasteiger partial charge in [0.2, 0.25) is 0 Å². The third kappa shape index (κ3) is 2.70. The van der Waals surface area contributed by atoms with Crippen LogP contribution in [0.3, 0.4) is 0 Å². The molecule has 0 bridgehead atoms. The van der Waals surface area contributed by atoms with Gasteiger partial charge in [-0.3, -0.25) is 0 Å². The van der Waals surface area contributed by atoms with Gasteiger partial charge in [0.05, 0.1) is 11.0 Å². The second kappa shape index (κ2) is 5.12. The van der Waals surface area contributed by atoms with Crippen molar-refractivity contribution >= 4 is 9.84 Å². The third-order valence-electron chi connectivity index (χ3n) is 2.98. The fourth-order valence-electron chi connectivity index (χ4n) is 2.23. The largest absolute Gasteiger partial charge is 0.313 e.